The molecule has 6 N–H and O–H groups in total. The Kier molecular flexibility index (Phi) is 26.8. The van der Waals surface area contributed by atoms with Crippen LogP contribution in [0.1, 0.15) is 123 Å². The van der Waals surface area contributed by atoms with Crippen molar-refractivity contribution in [1.82, 2.24) is 0 Å². The first-order chi connectivity index (χ1) is 14.1. The second kappa shape index (κ2) is 23.2. The molecule has 1 saturated heterocycles. The molecule has 0 aliphatic carbocycles. The summed E-state index contributed by atoms with van der Waals surface area (Å²) >= 11 is 0. The fourth-order valence-corrected chi connectivity index (χ4v) is 4.15. The van der Waals surface area contributed by atoms with Gasteiger partial charge < -0.3 is 31.9 Å². The average molecular weight is 642 g/mol. The van der Waals surface area contributed by atoms with Crippen LogP contribution in [0, 0.1) is 5.41 Å². The Hall–Kier alpha value is 0.448. The van der Waals surface area contributed by atoms with E-state index in [2.05, 4.69) is 13.8 Å². The molecule has 1 aliphatic heterocycles. The van der Waals surface area contributed by atoms with Gasteiger partial charge in [0.2, 0.25) is 0 Å². The molecule has 0 saturated carbocycles. The standard InChI is InChI=1S/C25H52N2O2.2H2O.Pt/c1-3-4-5-6-7-8-9-10-11-12-13-14-15-16-17-18-19-24(2)28-22-25(20-26,21-27)23-29-24;;;/h3-23,26-27H2,1-2H3;2*1H2;/q;;;+2/p-2. The molecule has 0 bridgehead atoms. The van der Waals surface area contributed by atoms with Crippen molar-refractivity contribution < 1.29 is 41.5 Å². The summed E-state index contributed by atoms with van der Waals surface area (Å²) in [4.78, 5) is 0. The summed E-state index contributed by atoms with van der Waals surface area (Å²) in [7, 11) is 0. The maximum absolute atomic E-state index is 6.01. The van der Waals surface area contributed by atoms with Gasteiger partial charge in [0.1, 0.15) is 0 Å². The van der Waals surface area contributed by atoms with E-state index in [1.54, 1.807) is 0 Å². The molecular weight excluding hydrogens is 587 g/mol. The van der Waals surface area contributed by atoms with Crippen molar-refractivity contribution in [3.63, 3.8) is 0 Å². The molecule has 0 aromatic heterocycles. The third-order valence-electron chi connectivity index (χ3n) is 6.72. The Labute approximate surface area is 213 Å². The maximum atomic E-state index is 6.01. The van der Waals surface area contributed by atoms with Crippen LogP contribution in [0.5, 0.6) is 0 Å². The second-order valence-electron chi connectivity index (χ2n) is 9.67. The molecule has 32 heavy (non-hydrogen) atoms. The summed E-state index contributed by atoms with van der Waals surface area (Å²) in [5.41, 5.74) is 11.5. The fourth-order valence-electron chi connectivity index (χ4n) is 4.15. The van der Waals surface area contributed by atoms with E-state index < -0.39 is 5.79 Å². The third kappa shape index (κ3) is 17.0. The molecule has 0 unspecified atom stereocenters. The molecule has 1 aliphatic rings. The van der Waals surface area contributed by atoms with E-state index in [0.717, 1.165) is 6.42 Å². The molecule has 1 rings (SSSR count). The van der Waals surface area contributed by atoms with Crippen LogP contribution in [0.15, 0.2) is 0 Å². The summed E-state index contributed by atoms with van der Waals surface area (Å²) in [6.45, 7) is 6.65. The molecule has 6 nitrogen and oxygen atoms in total. The monoisotopic (exact) mass is 641 g/mol. The van der Waals surface area contributed by atoms with Crippen molar-refractivity contribution in [1.29, 1.82) is 0 Å². The Balaban J connectivity index is -0.00000280. The zero-order valence-electron chi connectivity index (χ0n) is 21.0. The predicted octanol–water partition coefficient (Wildman–Crippen LogP) is 5.95. The van der Waals surface area contributed by atoms with Gasteiger partial charge in [-0.1, -0.05) is 103 Å². The molecule has 0 atom stereocenters. The summed E-state index contributed by atoms with van der Waals surface area (Å²) in [6.07, 6.45) is 23.3. The number of hydrogen-bond acceptors (Lipinski definition) is 6. The maximum Gasteiger partial charge on any atom is 2.00 e. The van der Waals surface area contributed by atoms with Crippen LogP contribution in [-0.2, 0) is 30.5 Å². The van der Waals surface area contributed by atoms with Crippen LogP contribution in [0.3, 0.4) is 0 Å². The van der Waals surface area contributed by atoms with E-state index in [9.17, 15) is 0 Å². The average Bonchev–Trinajstić information content (AvgIpc) is 2.74. The summed E-state index contributed by atoms with van der Waals surface area (Å²) < 4.78 is 12.0. The fraction of sp³-hybridized carbons (Fsp3) is 1.00. The minimum atomic E-state index is -0.441. The zero-order chi connectivity index (χ0) is 21.3. The van der Waals surface area contributed by atoms with E-state index in [1.165, 1.54) is 103 Å². The quantitative estimate of drug-likeness (QED) is 0.168. The van der Waals surface area contributed by atoms with Crippen LogP contribution in [0.2, 0.25) is 0 Å². The Bertz CT molecular complexity index is 375. The molecule has 0 radical (unpaired) electrons. The number of ether oxygens (including phenoxy) is 2. The minimum Gasteiger partial charge on any atom is -0.870 e. The van der Waals surface area contributed by atoms with Gasteiger partial charge in [0.25, 0.3) is 0 Å². The van der Waals surface area contributed by atoms with Gasteiger partial charge in [0.15, 0.2) is 5.79 Å². The summed E-state index contributed by atoms with van der Waals surface area (Å²) in [5.74, 6) is -0.441. The first-order valence-electron chi connectivity index (χ1n) is 12.8. The van der Waals surface area contributed by atoms with Crippen LogP contribution in [0.4, 0.5) is 0 Å². The number of nitrogens with two attached hydrogens (primary N) is 2. The SMILES string of the molecule is CCCCCCCCCCCCCCCCCCC1(C)OCC(CN)(CN)CO1.[OH-].[OH-].[Pt+2]. The van der Waals surface area contributed by atoms with E-state index in [-0.39, 0.29) is 37.4 Å². The third-order valence-corrected chi connectivity index (χ3v) is 6.72. The van der Waals surface area contributed by atoms with Crippen LogP contribution < -0.4 is 11.5 Å². The van der Waals surface area contributed by atoms with E-state index in [4.69, 9.17) is 20.9 Å². The normalized spacial score (nSPS) is 16.5. The molecule has 0 aromatic carbocycles. The van der Waals surface area contributed by atoms with Crippen molar-refractivity contribution in [2.45, 2.75) is 129 Å². The van der Waals surface area contributed by atoms with Crippen molar-refractivity contribution in [2.24, 2.45) is 16.9 Å². The van der Waals surface area contributed by atoms with Crippen LogP contribution >= 0.6 is 0 Å². The molecule has 1 fully saturated rings. The smallest absolute Gasteiger partial charge is 0.870 e. The molecular formula is C25H54N2O4Pt. The van der Waals surface area contributed by atoms with Gasteiger partial charge in [0, 0.05) is 24.9 Å². The van der Waals surface area contributed by atoms with Gasteiger partial charge in [-0.25, -0.2) is 0 Å². The zero-order valence-corrected chi connectivity index (χ0v) is 23.3. The largest absolute Gasteiger partial charge is 2.00 e. The molecule has 0 spiro atoms. The van der Waals surface area contributed by atoms with Crippen molar-refractivity contribution in [2.75, 3.05) is 26.3 Å². The van der Waals surface area contributed by atoms with Crippen LogP contribution in [-0.4, -0.2) is 43.0 Å². The number of unbranched alkanes of at least 4 members (excludes halogenated alkanes) is 15. The summed E-state index contributed by atoms with van der Waals surface area (Å²) in [6, 6.07) is 0. The Morgan fingerprint density at radius 1 is 0.594 bits per heavy atom. The van der Waals surface area contributed by atoms with E-state index >= 15 is 0 Å². The van der Waals surface area contributed by atoms with Crippen molar-refractivity contribution in [3.05, 3.63) is 0 Å². The van der Waals surface area contributed by atoms with Gasteiger partial charge in [-0.05, 0) is 13.3 Å². The second-order valence-corrected chi connectivity index (χ2v) is 9.67. The minimum absolute atomic E-state index is 0. The Morgan fingerprint density at radius 2 is 0.906 bits per heavy atom. The van der Waals surface area contributed by atoms with Crippen molar-refractivity contribution >= 4 is 0 Å². The van der Waals surface area contributed by atoms with Gasteiger partial charge in [-0.3, -0.25) is 0 Å². The van der Waals surface area contributed by atoms with E-state index in [1.807, 2.05) is 0 Å². The van der Waals surface area contributed by atoms with Crippen LogP contribution in [0.25, 0.3) is 0 Å². The van der Waals surface area contributed by atoms with Crippen molar-refractivity contribution in [3.8, 4) is 0 Å². The predicted molar refractivity (Wildman–Crippen MR) is 129 cm³/mol. The first-order valence-corrected chi connectivity index (χ1v) is 12.8. The Morgan fingerprint density at radius 3 is 1.22 bits per heavy atom. The topological polar surface area (TPSA) is 130 Å². The number of rotatable bonds is 19. The molecule has 198 valence electrons. The molecule has 7 heteroatoms. The number of hydrogen-bond donors (Lipinski definition) is 2. The molecule has 0 amide bonds. The van der Waals surface area contributed by atoms with Gasteiger partial charge in [-0.15, -0.1) is 0 Å². The van der Waals surface area contributed by atoms with Gasteiger partial charge in [-0.2, -0.15) is 0 Å². The summed E-state index contributed by atoms with van der Waals surface area (Å²) in [5, 5.41) is 0. The van der Waals surface area contributed by atoms with Gasteiger partial charge in [0.05, 0.1) is 13.2 Å². The van der Waals surface area contributed by atoms with E-state index in [0.29, 0.717) is 26.3 Å². The molecule has 1 heterocycles. The molecule has 0 aromatic rings. The van der Waals surface area contributed by atoms with Gasteiger partial charge >= 0.3 is 21.1 Å². The first kappa shape index (κ1) is 37.0.